The lowest BCUT2D eigenvalue weighted by atomic mass is 9.98. The monoisotopic (exact) mass is 329 g/mol. The lowest BCUT2D eigenvalue weighted by molar-refractivity contribution is -0.384. The van der Waals surface area contributed by atoms with Crippen molar-refractivity contribution in [1.82, 2.24) is 0 Å². The molecule has 3 aromatic rings. The predicted octanol–water partition coefficient (Wildman–Crippen LogP) is 4.67. The molecule has 0 aliphatic heterocycles. The van der Waals surface area contributed by atoms with Gasteiger partial charge in [0.1, 0.15) is 6.07 Å². The summed E-state index contributed by atoms with van der Waals surface area (Å²) in [4.78, 5) is 10.4. The van der Waals surface area contributed by atoms with Crippen LogP contribution in [0, 0.1) is 21.4 Å². The molecule has 0 radical (unpaired) electrons. The molecule has 1 N–H and O–H groups in total. The highest BCUT2D eigenvalue weighted by atomic mass is 16.6. The van der Waals surface area contributed by atoms with E-state index in [2.05, 4.69) is 5.32 Å². The number of nitro benzene ring substituents is 1. The summed E-state index contributed by atoms with van der Waals surface area (Å²) in [6, 6.07) is 25.8. The fourth-order valence-electron chi connectivity index (χ4n) is 2.67. The van der Waals surface area contributed by atoms with Gasteiger partial charge in [-0.2, -0.15) is 5.26 Å². The Hall–Kier alpha value is -3.65. The zero-order valence-electron chi connectivity index (χ0n) is 13.3. The van der Waals surface area contributed by atoms with Gasteiger partial charge in [-0.25, -0.2) is 0 Å². The molecular formula is C20H15N3O2. The minimum atomic E-state index is -0.503. The Morgan fingerprint density at radius 3 is 1.96 bits per heavy atom. The van der Waals surface area contributed by atoms with Crippen molar-refractivity contribution in [3.63, 3.8) is 0 Å². The zero-order valence-corrected chi connectivity index (χ0v) is 13.3. The van der Waals surface area contributed by atoms with Gasteiger partial charge in [-0.1, -0.05) is 60.7 Å². The number of benzene rings is 3. The van der Waals surface area contributed by atoms with Crippen LogP contribution in [0.5, 0.6) is 0 Å². The Morgan fingerprint density at radius 1 is 0.920 bits per heavy atom. The second-order valence-electron chi connectivity index (χ2n) is 5.50. The van der Waals surface area contributed by atoms with E-state index in [4.69, 9.17) is 0 Å². The molecule has 0 fully saturated rings. The van der Waals surface area contributed by atoms with Crippen LogP contribution in [0.2, 0.25) is 0 Å². The lowest BCUT2D eigenvalue weighted by Crippen LogP contribution is -2.13. The average Bonchev–Trinajstić information content (AvgIpc) is 2.67. The molecule has 0 saturated heterocycles. The van der Waals surface area contributed by atoms with Crippen molar-refractivity contribution in [3.05, 3.63) is 106 Å². The van der Waals surface area contributed by atoms with Gasteiger partial charge in [0.25, 0.3) is 5.69 Å². The fourth-order valence-corrected chi connectivity index (χ4v) is 2.67. The maximum atomic E-state index is 10.9. The Bertz CT molecular complexity index is 879. The molecule has 0 heterocycles. The molecule has 5 heteroatoms. The zero-order chi connectivity index (χ0) is 17.6. The number of nitro groups is 1. The van der Waals surface area contributed by atoms with Gasteiger partial charge in [-0.15, -0.1) is 0 Å². The van der Waals surface area contributed by atoms with Crippen LogP contribution in [-0.2, 0) is 0 Å². The minimum absolute atomic E-state index is 0.0990. The summed E-state index contributed by atoms with van der Waals surface area (Å²) in [7, 11) is 0. The van der Waals surface area contributed by atoms with Gasteiger partial charge in [-0.3, -0.25) is 10.1 Å². The van der Waals surface area contributed by atoms with E-state index < -0.39 is 4.92 Å². The SMILES string of the molecule is N#Cc1cc([N+](=O)[O-])ccc1NC(c1ccccc1)c1ccccc1. The van der Waals surface area contributed by atoms with Crippen LogP contribution < -0.4 is 5.32 Å². The topological polar surface area (TPSA) is 79.0 Å². The number of nitriles is 1. The van der Waals surface area contributed by atoms with Crippen molar-refractivity contribution < 1.29 is 4.92 Å². The van der Waals surface area contributed by atoms with Gasteiger partial charge in [0, 0.05) is 12.1 Å². The summed E-state index contributed by atoms with van der Waals surface area (Å²) in [5.41, 5.74) is 2.78. The fraction of sp³-hybridized carbons (Fsp3) is 0.0500. The molecule has 3 rings (SSSR count). The number of anilines is 1. The Balaban J connectivity index is 2.02. The molecule has 0 atom stereocenters. The van der Waals surface area contributed by atoms with Crippen molar-refractivity contribution >= 4 is 11.4 Å². The molecule has 0 aliphatic carbocycles. The maximum absolute atomic E-state index is 10.9. The average molecular weight is 329 g/mol. The molecule has 122 valence electrons. The van der Waals surface area contributed by atoms with Gasteiger partial charge in [0.05, 0.1) is 22.2 Å². The highest BCUT2D eigenvalue weighted by Gasteiger charge is 2.17. The lowest BCUT2D eigenvalue weighted by Gasteiger charge is -2.21. The van der Waals surface area contributed by atoms with E-state index >= 15 is 0 Å². The van der Waals surface area contributed by atoms with Gasteiger partial charge >= 0.3 is 0 Å². The number of non-ortho nitro benzene ring substituents is 1. The first kappa shape index (κ1) is 16.2. The van der Waals surface area contributed by atoms with Crippen LogP contribution in [-0.4, -0.2) is 4.92 Å². The van der Waals surface area contributed by atoms with E-state index in [9.17, 15) is 15.4 Å². The molecule has 0 spiro atoms. The van der Waals surface area contributed by atoms with Crippen molar-refractivity contribution in [3.8, 4) is 6.07 Å². The molecule has 0 amide bonds. The largest absolute Gasteiger partial charge is 0.373 e. The third-order valence-corrected chi connectivity index (χ3v) is 3.90. The van der Waals surface area contributed by atoms with Crippen LogP contribution in [0.1, 0.15) is 22.7 Å². The second kappa shape index (κ2) is 7.28. The van der Waals surface area contributed by atoms with Crippen LogP contribution in [0.15, 0.2) is 78.9 Å². The van der Waals surface area contributed by atoms with Crippen molar-refractivity contribution in [2.75, 3.05) is 5.32 Å². The summed E-state index contributed by atoms with van der Waals surface area (Å²) in [5, 5.41) is 23.6. The molecule has 0 unspecified atom stereocenters. The van der Waals surface area contributed by atoms with Crippen LogP contribution >= 0.6 is 0 Å². The number of nitrogens with zero attached hydrogens (tertiary/aromatic N) is 2. The Kier molecular flexibility index (Phi) is 4.72. The van der Waals surface area contributed by atoms with Crippen molar-refractivity contribution in [2.45, 2.75) is 6.04 Å². The second-order valence-corrected chi connectivity index (χ2v) is 5.50. The van der Waals surface area contributed by atoms with Gasteiger partial charge in [-0.05, 0) is 17.2 Å². The third kappa shape index (κ3) is 3.65. The number of nitrogens with one attached hydrogen (secondary N) is 1. The first-order valence-corrected chi connectivity index (χ1v) is 7.74. The van der Waals surface area contributed by atoms with Gasteiger partial charge in [0.2, 0.25) is 0 Å². The smallest absolute Gasteiger partial charge is 0.270 e. The summed E-state index contributed by atoms with van der Waals surface area (Å²) in [5.74, 6) is 0. The van der Waals surface area contributed by atoms with Crippen LogP contribution in [0.25, 0.3) is 0 Å². The predicted molar refractivity (Wildman–Crippen MR) is 96.2 cm³/mol. The van der Waals surface area contributed by atoms with Crippen molar-refractivity contribution in [1.29, 1.82) is 5.26 Å². The van der Waals surface area contributed by atoms with Gasteiger partial charge in [0.15, 0.2) is 0 Å². The Morgan fingerprint density at radius 2 is 1.48 bits per heavy atom. The highest BCUT2D eigenvalue weighted by molar-refractivity contribution is 5.63. The van der Waals surface area contributed by atoms with Crippen molar-refractivity contribution in [2.24, 2.45) is 0 Å². The first-order chi connectivity index (χ1) is 12.2. The molecule has 0 aliphatic rings. The molecule has 25 heavy (non-hydrogen) atoms. The van der Waals surface area contributed by atoms with E-state index in [-0.39, 0.29) is 17.3 Å². The molecule has 5 nitrogen and oxygen atoms in total. The summed E-state index contributed by atoms with van der Waals surface area (Å²) in [6.07, 6.45) is 0. The molecule has 0 bridgehead atoms. The summed E-state index contributed by atoms with van der Waals surface area (Å²) in [6.45, 7) is 0. The molecular weight excluding hydrogens is 314 g/mol. The third-order valence-electron chi connectivity index (χ3n) is 3.90. The van der Waals surface area contributed by atoms with Gasteiger partial charge < -0.3 is 5.32 Å². The summed E-state index contributed by atoms with van der Waals surface area (Å²) >= 11 is 0. The van der Waals surface area contributed by atoms with E-state index in [0.717, 1.165) is 11.1 Å². The Labute approximate surface area is 145 Å². The molecule has 3 aromatic carbocycles. The van der Waals surface area contributed by atoms with E-state index in [1.54, 1.807) is 6.07 Å². The number of rotatable bonds is 5. The first-order valence-electron chi connectivity index (χ1n) is 7.74. The van der Waals surface area contributed by atoms with Crippen LogP contribution in [0.4, 0.5) is 11.4 Å². The minimum Gasteiger partial charge on any atom is -0.373 e. The molecule has 0 saturated carbocycles. The number of hydrogen-bond donors (Lipinski definition) is 1. The molecule has 0 aromatic heterocycles. The van der Waals surface area contributed by atoms with E-state index in [1.807, 2.05) is 66.7 Å². The number of hydrogen-bond acceptors (Lipinski definition) is 4. The highest BCUT2D eigenvalue weighted by Crippen LogP contribution is 2.29. The van der Waals surface area contributed by atoms with E-state index in [0.29, 0.717) is 5.69 Å². The van der Waals surface area contributed by atoms with E-state index in [1.165, 1.54) is 12.1 Å². The normalized spacial score (nSPS) is 10.2. The standard InChI is InChI=1S/C20H15N3O2/c21-14-17-13-18(23(24)25)11-12-19(17)22-20(15-7-3-1-4-8-15)16-9-5-2-6-10-16/h1-13,20,22H. The summed E-state index contributed by atoms with van der Waals surface area (Å²) < 4.78 is 0. The maximum Gasteiger partial charge on any atom is 0.270 e. The quantitative estimate of drug-likeness (QED) is 0.545. The van der Waals surface area contributed by atoms with Crippen LogP contribution in [0.3, 0.4) is 0 Å².